The molecular weight excluding hydrogens is 627 g/mol. The second-order valence-electron chi connectivity index (χ2n) is 9.36. The van der Waals surface area contributed by atoms with E-state index in [1.165, 1.54) is 6.08 Å². The van der Waals surface area contributed by atoms with E-state index in [9.17, 15) is 27.6 Å². The Labute approximate surface area is 266 Å². The standard InChI is InChI=1S/C33H27ClF3N3O4S/c1-2-44-29-14-7-6-11-22(29)17-28(40-31(42)21-9-4-3-5-10-21)32(43)38-24-12-8-13-25(19-24)45-20-30(41)39-27-18-23(33(35,36)37)15-16-26(27)34/h3-19H,2,20H2,1H3,(H,38,43)(H,39,41)(H,40,42)/b28-17+. The number of ether oxygens (including phenoxy) is 1. The molecule has 232 valence electrons. The van der Waals surface area contributed by atoms with Crippen molar-refractivity contribution >= 4 is 58.5 Å². The molecule has 0 saturated carbocycles. The fraction of sp³-hybridized carbons (Fsp3) is 0.121. The van der Waals surface area contributed by atoms with Gasteiger partial charge in [-0.05, 0) is 67.6 Å². The lowest BCUT2D eigenvalue weighted by Crippen LogP contribution is -2.30. The third kappa shape index (κ3) is 9.62. The molecule has 0 aliphatic rings. The highest BCUT2D eigenvalue weighted by molar-refractivity contribution is 8.00. The van der Waals surface area contributed by atoms with Crippen LogP contribution in [0.1, 0.15) is 28.4 Å². The summed E-state index contributed by atoms with van der Waals surface area (Å²) in [5.41, 5.74) is 0.191. The Bertz CT molecular complexity index is 1720. The molecule has 0 saturated heterocycles. The molecule has 3 N–H and O–H groups in total. The summed E-state index contributed by atoms with van der Waals surface area (Å²) in [6, 6.07) is 24.8. The number of carbonyl (C=O) groups excluding carboxylic acids is 3. The van der Waals surface area contributed by atoms with Crippen molar-refractivity contribution in [1.29, 1.82) is 0 Å². The number of carbonyl (C=O) groups is 3. The molecule has 3 amide bonds. The smallest absolute Gasteiger partial charge is 0.416 e. The number of halogens is 4. The lowest BCUT2D eigenvalue weighted by atomic mass is 10.1. The summed E-state index contributed by atoms with van der Waals surface area (Å²) in [6.45, 7) is 2.23. The number of alkyl halides is 3. The molecule has 45 heavy (non-hydrogen) atoms. The van der Waals surface area contributed by atoms with E-state index in [0.29, 0.717) is 34.1 Å². The number of thioether (sulfide) groups is 1. The molecule has 0 aliphatic heterocycles. The van der Waals surface area contributed by atoms with Gasteiger partial charge in [0.25, 0.3) is 11.8 Å². The van der Waals surface area contributed by atoms with Crippen LogP contribution in [0.5, 0.6) is 5.75 Å². The lowest BCUT2D eigenvalue weighted by molar-refractivity contribution is -0.137. The van der Waals surface area contributed by atoms with E-state index in [1.807, 2.05) is 6.92 Å². The van der Waals surface area contributed by atoms with Gasteiger partial charge in [-0.25, -0.2) is 0 Å². The molecule has 0 aliphatic carbocycles. The quantitative estimate of drug-likeness (QED) is 0.113. The zero-order chi connectivity index (χ0) is 32.4. The van der Waals surface area contributed by atoms with Gasteiger partial charge >= 0.3 is 6.18 Å². The van der Waals surface area contributed by atoms with Crippen molar-refractivity contribution in [3.05, 3.63) is 124 Å². The first-order valence-electron chi connectivity index (χ1n) is 13.5. The maximum Gasteiger partial charge on any atom is 0.416 e. The van der Waals surface area contributed by atoms with Crippen LogP contribution in [0.15, 0.2) is 108 Å². The highest BCUT2D eigenvalue weighted by Gasteiger charge is 2.31. The van der Waals surface area contributed by atoms with Crippen LogP contribution >= 0.6 is 23.4 Å². The minimum Gasteiger partial charge on any atom is -0.493 e. The molecule has 0 bridgehead atoms. The first kappa shape index (κ1) is 33.2. The minimum absolute atomic E-state index is 0.0295. The minimum atomic E-state index is -4.59. The highest BCUT2D eigenvalue weighted by Crippen LogP contribution is 2.34. The van der Waals surface area contributed by atoms with E-state index in [-0.39, 0.29) is 22.2 Å². The van der Waals surface area contributed by atoms with E-state index in [4.69, 9.17) is 16.3 Å². The van der Waals surface area contributed by atoms with Gasteiger partial charge in [-0.3, -0.25) is 14.4 Å². The third-order valence-electron chi connectivity index (χ3n) is 6.08. The molecule has 12 heteroatoms. The topological polar surface area (TPSA) is 96.5 Å². The van der Waals surface area contributed by atoms with Gasteiger partial charge in [0.1, 0.15) is 11.4 Å². The van der Waals surface area contributed by atoms with Crippen LogP contribution in [0.4, 0.5) is 24.5 Å². The lowest BCUT2D eigenvalue weighted by Gasteiger charge is -2.13. The SMILES string of the molecule is CCOc1ccccc1/C=C(/NC(=O)c1ccccc1)C(=O)Nc1cccc(SCC(=O)Nc2cc(C(F)(F)F)ccc2Cl)c1. The largest absolute Gasteiger partial charge is 0.493 e. The van der Waals surface area contributed by atoms with Crippen molar-refractivity contribution < 1.29 is 32.3 Å². The van der Waals surface area contributed by atoms with Gasteiger partial charge in [-0.15, -0.1) is 11.8 Å². The van der Waals surface area contributed by atoms with Crippen LogP contribution < -0.4 is 20.7 Å². The zero-order valence-corrected chi connectivity index (χ0v) is 25.4. The van der Waals surface area contributed by atoms with Crippen LogP contribution in [-0.4, -0.2) is 30.1 Å². The molecule has 0 heterocycles. The number of nitrogens with one attached hydrogen (secondary N) is 3. The van der Waals surface area contributed by atoms with Gasteiger partial charge < -0.3 is 20.7 Å². The molecule has 0 fully saturated rings. The molecule has 4 aromatic rings. The Morgan fingerprint density at radius 2 is 1.62 bits per heavy atom. The van der Waals surface area contributed by atoms with Crippen LogP contribution in [0.2, 0.25) is 5.02 Å². The second-order valence-corrected chi connectivity index (χ2v) is 10.8. The Kier molecular flexibility index (Phi) is 11.3. The summed E-state index contributed by atoms with van der Waals surface area (Å²) >= 11 is 7.08. The molecule has 0 atom stereocenters. The molecule has 0 radical (unpaired) electrons. The molecule has 4 rings (SSSR count). The number of hydrogen-bond acceptors (Lipinski definition) is 5. The van der Waals surface area contributed by atoms with Crippen molar-refractivity contribution in [2.75, 3.05) is 23.0 Å². The first-order chi connectivity index (χ1) is 21.5. The number of hydrogen-bond donors (Lipinski definition) is 3. The fourth-order valence-electron chi connectivity index (χ4n) is 3.98. The summed E-state index contributed by atoms with van der Waals surface area (Å²) in [5, 5.41) is 7.82. The van der Waals surface area contributed by atoms with Crippen molar-refractivity contribution in [1.82, 2.24) is 5.32 Å². The summed E-state index contributed by atoms with van der Waals surface area (Å²) < 4.78 is 44.9. The van der Waals surface area contributed by atoms with Gasteiger partial charge in [0.05, 0.1) is 28.6 Å². The van der Waals surface area contributed by atoms with Crippen molar-refractivity contribution in [3.8, 4) is 5.75 Å². The van der Waals surface area contributed by atoms with E-state index in [1.54, 1.807) is 78.9 Å². The van der Waals surface area contributed by atoms with E-state index in [0.717, 1.165) is 30.0 Å². The Hall–Kier alpha value is -4.74. The molecule has 0 spiro atoms. The fourth-order valence-corrected chi connectivity index (χ4v) is 4.90. The summed E-state index contributed by atoms with van der Waals surface area (Å²) in [4.78, 5) is 39.5. The van der Waals surface area contributed by atoms with Crippen LogP contribution in [0, 0.1) is 0 Å². The summed E-state index contributed by atoms with van der Waals surface area (Å²) in [6.07, 6.45) is -3.07. The average Bonchev–Trinajstić information content (AvgIpc) is 3.02. The highest BCUT2D eigenvalue weighted by atomic mass is 35.5. The number of anilines is 2. The van der Waals surface area contributed by atoms with Crippen LogP contribution in [0.25, 0.3) is 6.08 Å². The second kappa shape index (κ2) is 15.3. The van der Waals surface area contributed by atoms with E-state index >= 15 is 0 Å². The van der Waals surface area contributed by atoms with Gasteiger partial charge in [0, 0.05) is 21.7 Å². The maximum absolute atomic E-state index is 13.5. The summed E-state index contributed by atoms with van der Waals surface area (Å²) in [7, 11) is 0. The van der Waals surface area contributed by atoms with Crippen molar-refractivity contribution in [3.63, 3.8) is 0 Å². The molecular formula is C33H27ClF3N3O4S. The Morgan fingerprint density at radius 1 is 0.889 bits per heavy atom. The molecule has 7 nitrogen and oxygen atoms in total. The number of amides is 3. The third-order valence-corrected chi connectivity index (χ3v) is 7.40. The number of rotatable bonds is 11. The van der Waals surface area contributed by atoms with Gasteiger partial charge in [-0.1, -0.05) is 54.1 Å². The Balaban J connectivity index is 1.48. The molecule has 4 aromatic carbocycles. The van der Waals surface area contributed by atoms with Crippen molar-refractivity contribution in [2.45, 2.75) is 18.0 Å². The predicted octanol–water partition coefficient (Wildman–Crippen LogP) is 7.90. The van der Waals surface area contributed by atoms with Crippen LogP contribution in [-0.2, 0) is 15.8 Å². The van der Waals surface area contributed by atoms with Gasteiger partial charge in [0.2, 0.25) is 5.91 Å². The summed E-state index contributed by atoms with van der Waals surface area (Å²) in [5.74, 6) is -1.28. The zero-order valence-electron chi connectivity index (χ0n) is 23.8. The Morgan fingerprint density at radius 3 is 2.36 bits per heavy atom. The predicted molar refractivity (Wildman–Crippen MR) is 170 cm³/mol. The van der Waals surface area contributed by atoms with Crippen LogP contribution in [0.3, 0.4) is 0 Å². The van der Waals surface area contributed by atoms with Crippen molar-refractivity contribution in [2.24, 2.45) is 0 Å². The normalized spacial score (nSPS) is 11.4. The number of benzene rings is 4. The number of para-hydroxylation sites is 1. The monoisotopic (exact) mass is 653 g/mol. The first-order valence-corrected chi connectivity index (χ1v) is 14.9. The average molecular weight is 654 g/mol. The maximum atomic E-state index is 13.5. The van der Waals surface area contributed by atoms with Gasteiger partial charge in [-0.2, -0.15) is 13.2 Å². The van der Waals surface area contributed by atoms with E-state index in [2.05, 4.69) is 16.0 Å². The van der Waals surface area contributed by atoms with E-state index < -0.39 is 29.5 Å². The molecule has 0 unspecified atom stereocenters. The molecule has 0 aromatic heterocycles. The van der Waals surface area contributed by atoms with Gasteiger partial charge in [0.15, 0.2) is 0 Å².